The highest BCUT2D eigenvalue weighted by Crippen LogP contribution is 2.31. The summed E-state index contributed by atoms with van der Waals surface area (Å²) >= 11 is 0. The van der Waals surface area contributed by atoms with Crippen LogP contribution in [-0.2, 0) is 17.5 Å². The summed E-state index contributed by atoms with van der Waals surface area (Å²) in [6.45, 7) is 1.78. The number of hydrazone groups is 1. The van der Waals surface area contributed by atoms with Crippen molar-refractivity contribution in [3.8, 4) is 0 Å². The van der Waals surface area contributed by atoms with Gasteiger partial charge in [0.05, 0.1) is 17.2 Å². The van der Waals surface area contributed by atoms with Crippen molar-refractivity contribution in [3.63, 3.8) is 0 Å². The fraction of sp³-hybridized carbons (Fsp3) is 0.174. The smallest absolute Gasteiger partial charge is 0.320 e. The SMILES string of the molecule is Cc1ccc2ccccc2c1/C=N/NC(=O)CCn1c(C(F)(F)F)nc2ccccc21. The van der Waals surface area contributed by atoms with Crippen LogP contribution in [0, 0.1) is 6.92 Å². The summed E-state index contributed by atoms with van der Waals surface area (Å²) in [6.07, 6.45) is -3.22. The summed E-state index contributed by atoms with van der Waals surface area (Å²) in [7, 11) is 0. The summed E-state index contributed by atoms with van der Waals surface area (Å²) in [5.41, 5.74) is 4.84. The van der Waals surface area contributed by atoms with E-state index in [0.29, 0.717) is 5.52 Å². The molecule has 31 heavy (non-hydrogen) atoms. The van der Waals surface area contributed by atoms with Crippen LogP contribution in [0.25, 0.3) is 21.8 Å². The first kappa shape index (κ1) is 20.6. The molecule has 0 unspecified atom stereocenters. The highest BCUT2D eigenvalue weighted by atomic mass is 19.4. The van der Waals surface area contributed by atoms with E-state index in [4.69, 9.17) is 0 Å². The number of aryl methyl sites for hydroxylation is 2. The van der Waals surface area contributed by atoms with Crippen molar-refractivity contribution in [3.05, 3.63) is 77.6 Å². The van der Waals surface area contributed by atoms with Crippen LogP contribution in [0.5, 0.6) is 0 Å². The third-order valence-electron chi connectivity index (χ3n) is 5.04. The summed E-state index contributed by atoms with van der Waals surface area (Å²) in [5.74, 6) is -1.50. The summed E-state index contributed by atoms with van der Waals surface area (Å²) < 4.78 is 41.1. The Morgan fingerprint density at radius 1 is 1.10 bits per heavy atom. The number of nitrogens with one attached hydrogen (secondary N) is 1. The lowest BCUT2D eigenvalue weighted by Gasteiger charge is -2.11. The van der Waals surface area contributed by atoms with Crippen LogP contribution in [0.3, 0.4) is 0 Å². The second-order valence-corrected chi connectivity index (χ2v) is 7.13. The van der Waals surface area contributed by atoms with Crippen LogP contribution in [0.15, 0.2) is 65.8 Å². The first-order valence-electron chi connectivity index (χ1n) is 9.67. The lowest BCUT2D eigenvalue weighted by Crippen LogP contribution is -2.21. The molecule has 0 atom stereocenters. The van der Waals surface area contributed by atoms with E-state index >= 15 is 0 Å². The van der Waals surface area contributed by atoms with Gasteiger partial charge in [0.1, 0.15) is 0 Å². The van der Waals surface area contributed by atoms with Gasteiger partial charge in [-0.05, 0) is 35.4 Å². The predicted octanol–water partition coefficient (Wildman–Crippen LogP) is 5.06. The van der Waals surface area contributed by atoms with E-state index in [1.165, 1.54) is 6.07 Å². The van der Waals surface area contributed by atoms with Crippen molar-refractivity contribution >= 4 is 33.9 Å². The molecular weight excluding hydrogens is 405 g/mol. The number of carbonyl (C=O) groups excluding carboxylic acids is 1. The maximum absolute atomic E-state index is 13.4. The number of aromatic nitrogens is 2. The fourth-order valence-corrected chi connectivity index (χ4v) is 3.53. The first-order valence-corrected chi connectivity index (χ1v) is 9.67. The number of imidazole rings is 1. The number of halogens is 3. The fourth-order valence-electron chi connectivity index (χ4n) is 3.53. The van der Waals surface area contributed by atoms with Crippen molar-refractivity contribution in [2.75, 3.05) is 0 Å². The van der Waals surface area contributed by atoms with E-state index in [0.717, 1.165) is 26.5 Å². The van der Waals surface area contributed by atoms with E-state index in [-0.39, 0.29) is 18.5 Å². The molecule has 1 amide bonds. The van der Waals surface area contributed by atoms with Gasteiger partial charge in [-0.15, -0.1) is 0 Å². The average Bonchev–Trinajstić information content (AvgIpc) is 3.13. The minimum absolute atomic E-state index is 0.163. The Balaban J connectivity index is 1.48. The third-order valence-corrected chi connectivity index (χ3v) is 5.04. The van der Waals surface area contributed by atoms with Gasteiger partial charge in [0.15, 0.2) is 0 Å². The number of rotatable bonds is 5. The first-order chi connectivity index (χ1) is 14.8. The molecule has 1 heterocycles. The van der Waals surface area contributed by atoms with E-state index in [9.17, 15) is 18.0 Å². The number of fused-ring (bicyclic) bond motifs is 2. The monoisotopic (exact) mass is 424 g/mol. The maximum atomic E-state index is 13.4. The van der Waals surface area contributed by atoms with E-state index in [2.05, 4.69) is 15.5 Å². The molecule has 8 heteroatoms. The number of carbonyl (C=O) groups is 1. The van der Waals surface area contributed by atoms with Crippen LogP contribution < -0.4 is 5.43 Å². The molecule has 0 aliphatic rings. The van der Waals surface area contributed by atoms with Crippen molar-refractivity contribution in [2.45, 2.75) is 26.1 Å². The second-order valence-electron chi connectivity index (χ2n) is 7.13. The van der Waals surface area contributed by atoms with Crippen molar-refractivity contribution in [1.82, 2.24) is 15.0 Å². The van der Waals surface area contributed by atoms with Gasteiger partial charge in [-0.1, -0.05) is 48.5 Å². The Kier molecular flexibility index (Phi) is 5.46. The largest absolute Gasteiger partial charge is 0.449 e. The number of amides is 1. The molecule has 5 nitrogen and oxygen atoms in total. The Morgan fingerprint density at radius 2 is 1.84 bits per heavy atom. The normalized spacial score (nSPS) is 12.1. The van der Waals surface area contributed by atoms with Crippen molar-refractivity contribution < 1.29 is 18.0 Å². The summed E-state index contributed by atoms with van der Waals surface area (Å²) in [4.78, 5) is 15.9. The lowest BCUT2D eigenvalue weighted by molar-refractivity contribution is -0.147. The molecule has 3 aromatic carbocycles. The highest BCUT2D eigenvalue weighted by molar-refractivity contribution is 6.01. The number of para-hydroxylation sites is 2. The molecule has 1 aromatic heterocycles. The minimum Gasteiger partial charge on any atom is -0.320 e. The van der Waals surface area contributed by atoms with Crippen LogP contribution >= 0.6 is 0 Å². The molecule has 0 aliphatic carbocycles. The molecule has 1 N–H and O–H groups in total. The van der Waals surface area contributed by atoms with Gasteiger partial charge in [0, 0.05) is 18.5 Å². The molecule has 0 aliphatic heterocycles. The quantitative estimate of drug-likeness (QED) is 0.360. The summed E-state index contributed by atoms with van der Waals surface area (Å²) in [6, 6.07) is 18.1. The van der Waals surface area contributed by atoms with Gasteiger partial charge >= 0.3 is 6.18 Å². The number of nitrogens with zero attached hydrogens (tertiary/aromatic N) is 3. The van der Waals surface area contributed by atoms with E-state index in [1.54, 1.807) is 24.4 Å². The summed E-state index contributed by atoms with van der Waals surface area (Å²) in [5, 5.41) is 6.06. The number of hydrogen-bond acceptors (Lipinski definition) is 3. The Bertz CT molecular complexity index is 1290. The van der Waals surface area contributed by atoms with Gasteiger partial charge in [-0.25, -0.2) is 10.4 Å². The van der Waals surface area contributed by atoms with Crippen LogP contribution in [0.1, 0.15) is 23.4 Å². The van der Waals surface area contributed by atoms with Gasteiger partial charge in [0.2, 0.25) is 11.7 Å². The average molecular weight is 424 g/mol. The molecule has 158 valence electrons. The van der Waals surface area contributed by atoms with E-state index < -0.39 is 17.9 Å². The molecule has 4 rings (SSSR count). The second kappa shape index (κ2) is 8.22. The van der Waals surface area contributed by atoms with Gasteiger partial charge < -0.3 is 4.57 Å². The highest BCUT2D eigenvalue weighted by Gasteiger charge is 2.37. The molecular formula is C23H19F3N4O. The Hall–Kier alpha value is -3.68. The number of benzene rings is 3. The molecule has 0 saturated heterocycles. The predicted molar refractivity (Wildman–Crippen MR) is 114 cm³/mol. The van der Waals surface area contributed by atoms with Gasteiger partial charge in [-0.3, -0.25) is 4.79 Å². The Morgan fingerprint density at radius 3 is 2.65 bits per heavy atom. The number of alkyl halides is 3. The zero-order valence-electron chi connectivity index (χ0n) is 16.6. The zero-order chi connectivity index (χ0) is 22.0. The molecule has 0 bridgehead atoms. The molecule has 0 saturated carbocycles. The van der Waals surface area contributed by atoms with Crippen LogP contribution in [0.2, 0.25) is 0 Å². The van der Waals surface area contributed by atoms with E-state index in [1.807, 2.05) is 43.3 Å². The topological polar surface area (TPSA) is 59.3 Å². The minimum atomic E-state index is -4.61. The van der Waals surface area contributed by atoms with Crippen molar-refractivity contribution in [2.24, 2.45) is 5.10 Å². The molecule has 0 fully saturated rings. The Labute approximate surface area is 176 Å². The number of hydrogen-bond donors (Lipinski definition) is 1. The standard InChI is InChI=1S/C23H19F3N4O/c1-15-10-11-16-6-2-3-7-17(16)18(15)14-27-29-21(31)12-13-30-20-9-5-4-8-19(20)28-22(30)23(24,25)26/h2-11,14H,12-13H2,1H3,(H,29,31)/b27-14+. The van der Waals surface area contributed by atoms with Gasteiger partial charge in [-0.2, -0.15) is 18.3 Å². The van der Waals surface area contributed by atoms with Crippen LogP contribution in [0.4, 0.5) is 13.2 Å². The third kappa shape index (κ3) is 4.28. The maximum Gasteiger partial charge on any atom is 0.449 e. The van der Waals surface area contributed by atoms with Gasteiger partial charge in [0.25, 0.3) is 0 Å². The molecule has 0 radical (unpaired) electrons. The lowest BCUT2D eigenvalue weighted by atomic mass is 10.0. The molecule has 0 spiro atoms. The van der Waals surface area contributed by atoms with Crippen molar-refractivity contribution in [1.29, 1.82) is 0 Å². The zero-order valence-corrected chi connectivity index (χ0v) is 16.6. The molecule has 4 aromatic rings. The van der Waals surface area contributed by atoms with Crippen LogP contribution in [-0.4, -0.2) is 21.7 Å².